The van der Waals surface area contributed by atoms with E-state index in [-0.39, 0.29) is 0 Å². The van der Waals surface area contributed by atoms with Crippen LogP contribution in [0.5, 0.6) is 0 Å². The summed E-state index contributed by atoms with van der Waals surface area (Å²) < 4.78 is 0. The smallest absolute Gasteiger partial charge is 0.0540 e. The summed E-state index contributed by atoms with van der Waals surface area (Å²) in [6.45, 7) is 0. The Hall–Kier alpha value is -7.22. The van der Waals surface area contributed by atoms with Gasteiger partial charge in [0, 0.05) is 16.9 Å². The molecule has 10 aromatic rings. The first kappa shape index (κ1) is 32.4. The minimum absolute atomic E-state index is 1.10. The Labute approximate surface area is 322 Å². The molecule has 0 N–H and O–H groups in total. The second-order valence-electron chi connectivity index (χ2n) is 14.1. The van der Waals surface area contributed by atoms with Crippen LogP contribution in [0, 0.1) is 0 Å². The number of rotatable bonds is 7. The summed E-state index contributed by atoms with van der Waals surface area (Å²) in [6.07, 6.45) is 0. The van der Waals surface area contributed by atoms with Gasteiger partial charge in [0.2, 0.25) is 0 Å². The summed E-state index contributed by atoms with van der Waals surface area (Å²) in [6, 6.07) is 81.5. The van der Waals surface area contributed by atoms with Gasteiger partial charge < -0.3 is 4.90 Å². The van der Waals surface area contributed by atoms with E-state index in [0.717, 1.165) is 17.1 Å². The van der Waals surface area contributed by atoms with Crippen LogP contribution in [0.3, 0.4) is 0 Å². The zero-order chi connectivity index (χ0) is 36.6. The van der Waals surface area contributed by atoms with E-state index in [1.807, 2.05) is 0 Å². The Morgan fingerprint density at radius 2 is 0.764 bits per heavy atom. The summed E-state index contributed by atoms with van der Waals surface area (Å²) in [4.78, 5) is 2.41. The second-order valence-corrected chi connectivity index (χ2v) is 14.1. The fourth-order valence-electron chi connectivity index (χ4n) is 8.19. The molecule has 0 aromatic heterocycles. The molecule has 1 nitrogen and oxygen atoms in total. The SMILES string of the molecule is c1ccc(-c2cccc3cccc(-c4ccccc4N(c4ccc(-c5ccc6ccccc6c5)cc4)c4ccc(-c5cccc6ccccc56)cc4)c23)cc1. The van der Waals surface area contributed by atoms with Crippen LogP contribution >= 0.6 is 0 Å². The van der Waals surface area contributed by atoms with Crippen molar-refractivity contribution in [1.82, 2.24) is 0 Å². The van der Waals surface area contributed by atoms with Gasteiger partial charge in [0.25, 0.3) is 0 Å². The third-order valence-electron chi connectivity index (χ3n) is 10.9. The molecule has 55 heavy (non-hydrogen) atoms. The molecule has 0 atom stereocenters. The minimum atomic E-state index is 1.10. The standard InChI is InChI=1S/C54H37N/c1-2-14-41(15-3-1)50-24-11-19-43-20-12-25-52(54(43)50)51-22-8-9-26-53(51)55(46-33-29-39(30-34-46)45-28-27-38-13-4-5-17-44(38)37-45)47-35-31-42(32-36-47)49-23-10-18-40-16-6-7-21-48(40)49/h1-37H. The van der Waals surface area contributed by atoms with Crippen LogP contribution in [0.15, 0.2) is 224 Å². The number of nitrogens with zero attached hydrogens (tertiary/aromatic N) is 1. The van der Waals surface area contributed by atoms with Crippen molar-refractivity contribution < 1.29 is 0 Å². The van der Waals surface area contributed by atoms with E-state index in [1.165, 1.54) is 76.8 Å². The van der Waals surface area contributed by atoms with E-state index >= 15 is 0 Å². The molecule has 0 saturated carbocycles. The van der Waals surface area contributed by atoms with Gasteiger partial charge in [-0.15, -0.1) is 0 Å². The maximum Gasteiger partial charge on any atom is 0.0540 e. The molecular weight excluding hydrogens is 663 g/mol. The van der Waals surface area contributed by atoms with Crippen LogP contribution in [-0.4, -0.2) is 0 Å². The molecular formula is C54H37N. The number of anilines is 3. The van der Waals surface area contributed by atoms with Gasteiger partial charge in [-0.25, -0.2) is 0 Å². The van der Waals surface area contributed by atoms with E-state index in [2.05, 4.69) is 229 Å². The van der Waals surface area contributed by atoms with Crippen molar-refractivity contribution in [2.75, 3.05) is 4.90 Å². The number of hydrogen-bond donors (Lipinski definition) is 0. The van der Waals surface area contributed by atoms with Gasteiger partial charge in [0.05, 0.1) is 5.69 Å². The van der Waals surface area contributed by atoms with Gasteiger partial charge in [0.1, 0.15) is 0 Å². The fraction of sp³-hybridized carbons (Fsp3) is 0. The van der Waals surface area contributed by atoms with E-state index in [9.17, 15) is 0 Å². The quantitative estimate of drug-likeness (QED) is 0.160. The number of fused-ring (bicyclic) bond motifs is 3. The van der Waals surface area contributed by atoms with Crippen LogP contribution in [0.2, 0.25) is 0 Å². The number of benzene rings is 10. The first-order valence-electron chi connectivity index (χ1n) is 18.9. The van der Waals surface area contributed by atoms with E-state index in [4.69, 9.17) is 0 Å². The van der Waals surface area contributed by atoms with E-state index < -0.39 is 0 Å². The Kier molecular flexibility index (Phi) is 8.24. The van der Waals surface area contributed by atoms with Gasteiger partial charge in [0.15, 0.2) is 0 Å². The number of para-hydroxylation sites is 1. The van der Waals surface area contributed by atoms with Crippen LogP contribution in [0.25, 0.3) is 76.8 Å². The van der Waals surface area contributed by atoms with Gasteiger partial charge in [-0.05, 0) is 108 Å². The summed E-state index contributed by atoms with van der Waals surface area (Å²) in [7, 11) is 0. The molecule has 0 heterocycles. The zero-order valence-corrected chi connectivity index (χ0v) is 30.3. The Bertz CT molecular complexity index is 2950. The third kappa shape index (κ3) is 6.02. The molecule has 0 bridgehead atoms. The molecule has 0 radical (unpaired) electrons. The number of hydrogen-bond acceptors (Lipinski definition) is 1. The molecule has 10 aromatic carbocycles. The lowest BCUT2D eigenvalue weighted by Crippen LogP contribution is -2.11. The Morgan fingerprint density at radius 1 is 0.255 bits per heavy atom. The van der Waals surface area contributed by atoms with Crippen LogP contribution in [0.1, 0.15) is 0 Å². The zero-order valence-electron chi connectivity index (χ0n) is 30.3. The van der Waals surface area contributed by atoms with Crippen molar-refractivity contribution in [2.24, 2.45) is 0 Å². The van der Waals surface area contributed by atoms with Crippen molar-refractivity contribution in [3.63, 3.8) is 0 Å². The third-order valence-corrected chi connectivity index (χ3v) is 10.9. The highest BCUT2D eigenvalue weighted by atomic mass is 15.1. The minimum Gasteiger partial charge on any atom is -0.310 e. The highest BCUT2D eigenvalue weighted by molar-refractivity contribution is 6.09. The largest absolute Gasteiger partial charge is 0.310 e. The highest BCUT2D eigenvalue weighted by Crippen LogP contribution is 2.45. The summed E-state index contributed by atoms with van der Waals surface area (Å²) in [5.74, 6) is 0. The Morgan fingerprint density at radius 3 is 1.53 bits per heavy atom. The van der Waals surface area contributed by atoms with Gasteiger partial charge >= 0.3 is 0 Å². The monoisotopic (exact) mass is 699 g/mol. The molecule has 0 fully saturated rings. The van der Waals surface area contributed by atoms with E-state index in [0.29, 0.717) is 0 Å². The van der Waals surface area contributed by atoms with Crippen LogP contribution in [0.4, 0.5) is 17.1 Å². The molecule has 0 spiro atoms. The first-order chi connectivity index (χ1) is 27.3. The van der Waals surface area contributed by atoms with Crippen LogP contribution < -0.4 is 4.90 Å². The first-order valence-corrected chi connectivity index (χ1v) is 18.9. The average Bonchev–Trinajstić information content (AvgIpc) is 3.27. The lowest BCUT2D eigenvalue weighted by atomic mass is 9.90. The maximum absolute atomic E-state index is 2.41. The topological polar surface area (TPSA) is 3.24 Å². The molecule has 0 unspecified atom stereocenters. The van der Waals surface area contributed by atoms with Crippen molar-refractivity contribution in [1.29, 1.82) is 0 Å². The molecule has 0 aliphatic carbocycles. The van der Waals surface area contributed by atoms with Crippen molar-refractivity contribution >= 4 is 49.4 Å². The van der Waals surface area contributed by atoms with E-state index in [1.54, 1.807) is 0 Å². The summed E-state index contributed by atoms with van der Waals surface area (Å²) in [5.41, 5.74) is 13.0. The van der Waals surface area contributed by atoms with Gasteiger partial charge in [-0.2, -0.15) is 0 Å². The summed E-state index contributed by atoms with van der Waals surface area (Å²) in [5, 5.41) is 7.48. The predicted octanol–water partition coefficient (Wildman–Crippen LogP) is 15.3. The average molecular weight is 700 g/mol. The fourth-order valence-corrected chi connectivity index (χ4v) is 8.19. The molecule has 258 valence electrons. The molecule has 0 saturated heterocycles. The maximum atomic E-state index is 2.41. The molecule has 10 rings (SSSR count). The second kappa shape index (κ2) is 14.0. The summed E-state index contributed by atoms with van der Waals surface area (Å²) >= 11 is 0. The normalized spacial score (nSPS) is 11.3. The van der Waals surface area contributed by atoms with Crippen LogP contribution in [-0.2, 0) is 0 Å². The lowest BCUT2D eigenvalue weighted by molar-refractivity contribution is 1.28. The predicted molar refractivity (Wildman–Crippen MR) is 235 cm³/mol. The molecule has 1 heteroatoms. The molecule has 0 amide bonds. The van der Waals surface area contributed by atoms with Crippen molar-refractivity contribution in [3.8, 4) is 44.5 Å². The van der Waals surface area contributed by atoms with Crippen molar-refractivity contribution in [3.05, 3.63) is 224 Å². The highest BCUT2D eigenvalue weighted by Gasteiger charge is 2.20. The van der Waals surface area contributed by atoms with Gasteiger partial charge in [-0.3, -0.25) is 0 Å². The van der Waals surface area contributed by atoms with Gasteiger partial charge in [-0.1, -0.05) is 188 Å². The Balaban J connectivity index is 1.14. The molecule has 0 aliphatic heterocycles. The van der Waals surface area contributed by atoms with Crippen molar-refractivity contribution in [2.45, 2.75) is 0 Å². The molecule has 0 aliphatic rings. The lowest BCUT2D eigenvalue weighted by Gasteiger charge is -2.29.